The molecular formula is C19H21N3O6S2. The summed E-state index contributed by atoms with van der Waals surface area (Å²) < 4.78 is 30.1. The van der Waals surface area contributed by atoms with Gasteiger partial charge in [-0.05, 0) is 25.0 Å². The molecule has 9 nitrogen and oxygen atoms in total. The quantitative estimate of drug-likeness (QED) is 0.462. The minimum Gasteiger partial charge on any atom is -0.391 e. The van der Waals surface area contributed by atoms with Crippen LogP contribution < -0.4 is 5.32 Å². The standard InChI is InChI=1S/C19H21N3O6S2/c23-10-14-9-20-19(29-14)21-18(24)17(22-28-13-7-8-27-11-13)12-1-3-15(4-2-12)30(25,26)16-5-6-16/h1-4,9,13,16,23H,5-8,10-11H2,(H,20,21,24)/t13-/m1/s1. The van der Waals surface area contributed by atoms with E-state index in [1.807, 2.05) is 0 Å². The van der Waals surface area contributed by atoms with E-state index < -0.39 is 15.7 Å². The van der Waals surface area contributed by atoms with E-state index in [1.54, 1.807) is 12.1 Å². The Morgan fingerprint density at radius 3 is 2.67 bits per heavy atom. The Labute approximate surface area is 177 Å². The van der Waals surface area contributed by atoms with E-state index in [2.05, 4.69) is 15.5 Å². The van der Waals surface area contributed by atoms with Crippen molar-refractivity contribution in [2.45, 2.75) is 42.1 Å². The average molecular weight is 452 g/mol. The van der Waals surface area contributed by atoms with Crippen LogP contribution >= 0.6 is 11.3 Å². The highest BCUT2D eigenvalue weighted by Crippen LogP contribution is 2.33. The first-order chi connectivity index (χ1) is 14.5. The fourth-order valence-electron chi connectivity index (χ4n) is 2.92. The van der Waals surface area contributed by atoms with Crippen molar-refractivity contribution in [3.63, 3.8) is 0 Å². The molecule has 1 aromatic carbocycles. The smallest absolute Gasteiger partial charge is 0.280 e. The fourth-order valence-corrected chi connectivity index (χ4v) is 5.24. The first-order valence-electron chi connectivity index (χ1n) is 9.50. The second-order valence-corrected chi connectivity index (χ2v) is 10.4. The van der Waals surface area contributed by atoms with Crippen molar-refractivity contribution >= 4 is 37.9 Å². The van der Waals surface area contributed by atoms with Crippen LogP contribution in [0.5, 0.6) is 0 Å². The molecule has 1 saturated carbocycles. The molecule has 2 aromatic rings. The van der Waals surface area contributed by atoms with Gasteiger partial charge in [0.2, 0.25) is 0 Å². The molecule has 0 spiro atoms. The summed E-state index contributed by atoms with van der Waals surface area (Å²) in [5.74, 6) is -0.550. The normalized spacial score (nSPS) is 19.6. The highest BCUT2D eigenvalue weighted by atomic mass is 32.2. The maximum absolute atomic E-state index is 12.8. The summed E-state index contributed by atoms with van der Waals surface area (Å²) in [5, 5.41) is 15.9. The van der Waals surface area contributed by atoms with Gasteiger partial charge in [0.05, 0.1) is 34.8 Å². The van der Waals surface area contributed by atoms with Gasteiger partial charge in [-0.1, -0.05) is 28.6 Å². The number of nitrogens with one attached hydrogen (secondary N) is 1. The van der Waals surface area contributed by atoms with Crippen molar-refractivity contribution in [3.8, 4) is 0 Å². The molecule has 160 valence electrons. The first-order valence-corrected chi connectivity index (χ1v) is 11.9. The summed E-state index contributed by atoms with van der Waals surface area (Å²) in [6.45, 7) is 0.790. The van der Waals surface area contributed by atoms with Crippen molar-refractivity contribution < 1.29 is 27.9 Å². The molecule has 1 aliphatic carbocycles. The number of amides is 1. The molecule has 2 fully saturated rings. The number of aliphatic hydroxyl groups is 1. The molecule has 0 radical (unpaired) electrons. The molecular weight excluding hydrogens is 430 g/mol. The molecule has 0 unspecified atom stereocenters. The van der Waals surface area contributed by atoms with Crippen LogP contribution in [0.2, 0.25) is 0 Å². The lowest BCUT2D eigenvalue weighted by atomic mass is 10.1. The summed E-state index contributed by atoms with van der Waals surface area (Å²) in [4.78, 5) is 23.2. The number of thiazole rings is 1. The molecule has 2 N–H and O–H groups in total. The van der Waals surface area contributed by atoms with Crippen LogP contribution in [0.15, 0.2) is 40.5 Å². The summed E-state index contributed by atoms with van der Waals surface area (Å²) in [6, 6.07) is 6.06. The van der Waals surface area contributed by atoms with Crippen molar-refractivity contribution in [2.24, 2.45) is 5.16 Å². The number of nitrogens with zero attached hydrogens (tertiary/aromatic N) is 2. The number of ether oxygens (including phenoxy) is 1. The average Bonchev–Trinajstić information content (AvgIpc) is 3.31. The second kappa shape index (κ2) is 8.80. The Kier molecular flexibility index (Phi) is 6.14. The van der Waals surface area contributed by atoms with Gasteiger partial charge in [-0.2, -0.15) is 0 Å². The summed E-state index contributed by atoms with van der Waals surface area (Å²) in [7, 11) is -3.32. The minimum absolute atomic E-state index is 0.00183. The molecule has 1 atom stereocenters. The van der Waals surface area contributed by atoms with Gasteiger partial charge in [0, 0.05) is 18.2 Å². The topological polar surface area (TPSA) is 127 Å². The molecule has 1 saturated heterocycles. The molecule has 11 heteroatoms. The van der Waals surface area contributed by atoms with E-state index in [4.69, 9.17) is 14.7 Å². The van der Waals surface area contributed by atoms with E-state index in [9.17, 15) is 13.2 Å². The number of benzene rings is 1. The monoisotopic (exact) mass is 451 g/mol. The van der Waals surface area contributed by atoms with E-state index in [0.29, 0.717) is 48.0 Å². The molecule has 2 heterocycles. The van der Waals surface area contributed by atoms with Crippen molar-refractivity contribution in [2.75, 3.05) is 18.5 Å². The Morgan fingerprint density at radius 2 is 2.07 bits per heavy atom. The largest absolute Gasteiger partial charge is 0.391 e. The van der Waals surface area contributed by atoms with Gasteiger partial charge in [0.25, 0.3) is 5.91 Å². The Bertz CT molecular complexity index is 1040. The lowest BCUT2D eigenvalue weighted by molar-refractivity contribution is -0.110. The van der Waals surface area contributed by atoms with E-state index >= 15 is 0 Å². The molecule has 30 heavy (non-hydrogen) atoms. The number of hydrogen-bond donors (Lipinski definition) is 2. The van der Waals surface area contributed by atoms with Gasteiger partial charge in [-0.3, -0.25) is 10.1 Å². The zero-order valence-corrected chi connectivity index (χ0v) is 17.6. The van der Waals surface area contributed by atoms with Crippen LogP contribution in [0.4, 0.5) is 5.13 Å². The van der Waals surface area contributed by atoms with Gasteiger partial charge in [-0.25, -0.2) is 13.4 Å². The van der Waals surface area contributed by atoms with Crippen LogP contribution in [-0.2, 0) is 30.8 Å². The van der Waals surface area contributed by atoms with Gasteiger partial charge in [-0.15, -0.1) is 0 Å². The van der Waals surface area contributed by atoms with Crippen molar-refractivity contribution in [1.82, 2.24) is 4.98 Å². The Balaban J connectivity index is 1.57. The minimum atomic E-state index is -3.32. The Hall–Kier alpha value is -2.34. The van der Waals surface area contributed by atoms with Crippen LogP contribution in [0.25, 0.3) is 0 Å². The third-order valence-electron chi connectivity index (χ3n) is 4.75. The highest BCUT2D eigenvalue weighted by molar-refractivity contribution is 7.92. The maximum Gasteiger partial charge on any atom is 0.280 e. The number of sulfone groups is 1. The lowest BCUT2D eigenvalue weighted by Crippen LogP contribution is -2.25. The first kappa shape index (κ1) is 20.9. The van der Waals surface area contributed by atoms with Gasteiger partial charge < -0.3 is 14.7 Å². The fraction of sp³-hybridized carbons (Fsp3) is 0.421. The number of aromatic nitrogens is 1. The molecule has 1 amide bonds. The molecule has 2 aliphatic rings. The van der Waals surface area contributed by atoms with E-state index in [1.165, 1.54) is 18.3 Å². The number of rotatable bonds is 8. The van der Waals surface area contributed by atoms with E-state index in [0.717, 1.165) is 11.3 Å². The Morgan fingerprint density at radius 1 is 1.30 bits per heavy atom. The zero-order chi connectivity index (χ0) is 21.1. The number of oxime groups is 1. The number of carbonyl (C=O) groups excluding carboxylic acids is 1. The van der Waals surface area contributed by atoms with Crippen LogP contribution in [0.3, 0.4) is 0 Å². The van der Waals surface area contributed by atoms with Crippen LogP contribution in [0.1, 0.15) is 29.7 Å². The summed E-state index contributed by atoms with van der Waals surface area (Å²) >= 11 is 1.14. The second-order valence-electron chi connectivity index (χ2n) is 7.04. The third kappa shape index (κ3) is 4.69. The SMILES string of the molecule is O=C(Nc1ncc(CO)s1)C(=NO[C@@H]1CCOC1)c1ccc(S(=O)(=O)C2CC2)cc1. The molecule has 1 aliphatic heterocycles. The van der Waals surface area contributed by atoms with Gasteiger partial charge in [0.1, 0.15) is 0 Å². The van der Waals surface area contributed by atoms with Crippen molar-refractivity contribution in [1.29, 1.82) is 0 Å². The predicted octanol–water partition coefficient (Wildman–Crippen LogP) is 1.72. The predicted molar refractivity (Wildman–Crippen MR) is 110 cm³/mol. The molecule has 1 aromatic heterocycles. The van der Waals surface area contributed by atoms with Crippen LogP contribution in [0, 0.1) is 0 Å². The van der Waals surface area contributed by atoms with Gasteiger partial charge in [0.15, 0.2) is 26.8 Å². The lowest BCUT2D eigenvalue weighted by Gasteiger charge is -2.10. The number of hydrogen-bond acceptors (Lipinski definition) is 9. The van der Waals surface area contributed by atoms with Crippen molar-refractivity contribution in [3.05, 3.63) is 40.9 Å². The number of aliphatic hydroxyl groups excluding tert-OH is 1. The molecule has 4 rings (SSSR count). The number of anilines is 1. The van der Waals surface area contributed by atoms with Crippen LogP contribution in [-0.4, -0.2) is 54.7 Å². The highest BCUT2D eigenvalue weighted by Gasteiger charge is 2.36. The number of carbonyl (C=O) groups is 1. The van der Waals surface area contributed by atoms with Gasteiger partial charge >= 0.3 is 0 Å². The summed E-state index contributed by atoms with van der Waals surface area (Å²) in [6.07, 6.45) is 3.26. The molecule has 0 bridgehead atoms. The zero-order valence-electron chi connectivity index (χ0n) is 16.0. The third-order valence-corrected chi connectivity index (χ3v) is 7.92. The summed E-state index contributed by atoms with van der Waals surface area (Å²) in [5.41, 5.74) is 0.415. The van der Waals surface area contributed by atoms with E-state index in [-0.39, 0.29) is 28.6 Å². The maximum atomic E-state index is 12.8.